The van der Waals surface area contributed by atoms with Crippen LogP contribution in [0.2, 0.25) is 0 Å². The Morgan fingerprint density at radius 1 is 1.17 bits per heavy atom. The molecule has 1 aliphatic rings. The van der Waals surface area contributed by atoms with Crippen LogP contribution in [-0.4, -0.2) is 18.7 Å². The maximum atomic E-state index is 12.0. The summed E-state index contributed by atoms with van der Waals surface area (Å²) in [5, 5.41) is 0. The highest BCUT2D eigenvalue weighted by atomic mass is 16.5. The van der Waals surface area contributed by atoms with Crippen molar-refractivity contribution in [3.63, 3.8) is 0 Å². The second-order valence-electron chi connectivity index (χ2n) is 6.55. The van der Waals surface area contributed by atoms with Gasteiger partial charge in [0.05, 0.1) is 12.7 Å². The molecular weight excluding hydrogens is 300 g/mol. The molecule has 3 heteroatoms. The van der Waals surface area contributed by atoms with Gasteiger partial charge < -0.3 is 9.47 Å². The smallest absolute Gasteiger partial charge is 0.331 e. The molecule has 0 aromatic heterocycles. The lowest BCUT2D eigenvalue weighted by Crippen LogP contribution is -2.12. The van der Waals surface area contributed by atoms with Crippen LogP contribution in [0, 0.1) is 5.92 Å². The normalized spacial score (nSPS) is 17.4. The molecule has 0 saturated heterocycles. The zero-order valence-electron chi connectivity index (χ0n) is 15.2. The van der Waals surface area contributed by atoms with E-state index in [-0.39, 0.29) is 12.1 Å². The lowest BCUT2D eigenvalue weighted by molar-refractivity contribution is -0.137. The van der Waals surface area contributed by atoms with Gasteiger partial charge in [-0.2, -0.15) is 0 Å². The van der Waals surface area contributed by atoms with Crippen molar-refractivity contribution in [2.75, 3.05) is 6.61 Å². The van der Waals surface area contributed by atoms with Gasteiger partial charge >= 0.3 is 5.97 Å². The molecule has 1 atom stereocenters. The first-order valence-corrected chi connectivity index (χ1v) is 9.29. The molecule has 132 valence electrons. The highest BCUT2D eigenvalue weighted by Crippen LogP contribution is 2.36. The second kappa shape index (κ2) is 9.51. The summed E-state index contributed by atoms with van der Waals surface area (Å²) in [7, 11) is 0. The van der Waals surface area contributed by atoms with Gasteiger partial charge in [-0.3, -0.25) is 0 Å². The number of hydrogen-bond donors (Lipinski definition) is 0. The first kappa shape index (κ1) is 18.6. The highest BCUT2D eigenvalue weighted by Gasteiger charge is 2.20. The van der Waals surface area contributed by atoms with Crippen molar-refractivity contribution in [1.82, 2.24) is 0 Å². The molecule has 1 aromatic rings. The van der Waals surface area contributed by atoms with E-state index in [1.165, 1.54) is 19.3 Å². The maximum Gasteiger partial charge on any atom is 0.331 e. The third kappa shape index (κ3) is 5.40. The Bertz CT molecular complexity index is 539. The topological polar surface area (TPSA) is 35.5 Å². The van der Waals surface area contributed by atoms with E-state index in [1.807, 2.05) is 19.1 Å². The fourth-order valence-corrected chi connectivity index (χ4v) is 3.20. The number of rotatable bonds is 7. The molecule has 0 N–H and O–H groups in total. The van der Waals surface area contributed by atoms with Gasteiger partial charge in [0.25, 0.3) is 0 Å². The number of esters is 1. The predicted molar refractivity (Wildman–Crippen MR) is 98.0 cm³/mol. The zero-order chi connectivity index (χ0) is 17.4. The summed E-state index contributed by atoms with van der Waals surface area (Å²) < 4.78 is 11.0. The van der Waals surface area contributed by atoms with Crippen LogP contribution < -0.4 is 4.74 Å². The van der Waals surface area contributed by atoms with E-state index < -0.39 is 0 Å². The van der Waals surface area contributed by atoms with Gasteiger partial charge in [-0.05, 0) is 62.3 Å². The molecule has 1 fully saturated rings. The van der Waals surface area contributed by atoms with Crippen LogP contribution in [0.3, 0.4) is 0 Å². The van der Waals surface area contributed by atoms with E-state index in [0.29, 0.717) is 12.5 Å². The van der Waals surface area contributed by atoms with Gasteiger partial charge in [0.15, 0.2) is 0 Å². The summed E-state index contributed by atoms with van der Waals surface area (Å²) in [6, 6.07) is 8.14. The lowest BCUT2D eigenvalue weighted by atomic mass is 9.81. The van der Waals surface area contributed by atoms with E-state index in [2.05, 4.69) is 26.0 Å². The van der Waals surface area contributed by atoms with Crippen molar-refractivity contribution in [3.8, 4) is 5.75 Å². The first-order chi connectivity index (χ1) is 11.6. The average Bonchev–Trinajstić information content (AvgIpc) is 2.61. The molecule has 0 aliphatic heterocycles. The maximum absolute atomic E-state index is 12.0. The standard InChI is InChI=1S/C21H30O3/c1-4-16(3)24-19-13-11-18(12-14-19)20(15-21(22)23-5-2)17-9-7-6-8-10-17/h11-17H,4-10H2,1-3H3. The second-order valence-corrected chi connectivity index (χ2v) is 6.55. The predicted octanol–water partition coefficient (Wildman–Crippen LogP) is 5.39. The molecule has 1 unspecified atom stereocenters. The Hall–Kier alpha value is -1.77. The van der Waals surface area contributed by atoms with Crippen molar-refractivity contribution >= 4 is 11.5 Å². The summed E-state index contributed by atoms with van der Waals surface area (Å²) >= 11 is 0. The van der Waals surface area contributed by atoms with Gasteiger partial charge in [0, 0.05) is 6.08 Å². The molecule has 1 aliphatic carbocycles. The Morgan fingerprint density at radius 2 is 1.83 bits per heavy atom. The van der Waals surface area contributed by atoms with Crippen LogP contribution in [0.15, 0.2) is 30.3 Å². The molecule has 1 aromatic carbocycles. The molecule has 2 rings (SSSR count). The van der Waals surface area contributed by atoms with Gasteiger partial charge in [-0.25, -0.2) is 4.79 Å². The summed E-state index contributed by atoms with van der Waals surface area (Å²) in [6.45, 7) is 6.44. The molecule has 0 radical (unpaired) electrons. The Balaban J connectivity index is 2.20. The van der Waals surface area contributed by atoms with Crippen LogP contribution in [0.5, 0.6) is 5.75 Å². The molecule has 0 amide bonds. The first-order valence-electron chi connectivity index (χ1n) is 9.29. The summed E-state index contributed by atoms with van der Waals surface area (Å²) in [4.78, 5) is 12.0. The number of allylic oxidation sites excluding steroid dienone is 1. The fourth-order valence-electron chi connectivity index (χ4n) is 3.20. The van der Waals surface area contributed by atoms with Gasteiger partial charge in [-0.15, -0.1) is 0 Å². The Labute approximate surface area is 146 Å². The average molecular weight is 330 g/mol. The number of carbonyl (C=O) groups excluding carboxylic acids is 1. The summed E-state index contributed by atoms with van der Waals surface area (Å²) in [5.74, 6) is 1.09. The van der Waals surface area contributed by atoms with E-state index in [1.54, 1.807) is 6.08 Å². The zero-order valence-corrected chi connectivity index (χ0v) is 15.2. The molecule has 0 bridgehead atoms. The number of ether oxygens (including phenoxy) is 2. The quantitative estimate of drug-likeness (QED) is 0.496. The van der Waals surface area contributed by atoms with E-state index in [9.17, 15) is 4.79 Å². The summed E-state index contributed by atoms with van der Waals surface area (Å²) in [6.07, 6.45) is 8.96. The minimum atomic E-state index is -0.238. The van der Waals surface area contributed by atoms with E-state index in [0.717, 1.165) is 36.1 Å². The van der Waals surface area contributed by atoms with Crippen molar-refractivity contribution in [1.29, 1.82) is 0 Å². The Kier molecular flexibility index (Phi) is 7.36. The van der Waals surface area contributed by atoms with Gasteiger partial charge in [-0.1, -0.05) is 38.3 Å². The van der Waals surface area contributed by atoms with Crippen LogP contribution in [0.1, 0.15) is 64.9 Å². The van der Waals surface area contributed by atoms with Crippen LogP contribution in [0.4, 0.5) is 0 Å². The van der Waals surface area contributed by atoms with Crippen LogP contribution >= 0.6 is 0 Å². The molecule has 3 nitrogen and oxygen atoms in total. The van der Waals surface area contributed by atoms with Crippen molar-refractivity contribution in [3.05, 3.63) is 35.9 Å². The third-order valence-corrected chi connectivity index (χ3v) is 4.70. The van der Waals surface area contributed by atoms with Crippen LogP contribution in [-0.2, 0) is 9.53 Å². The number of hydrogen-bond acceptors (Lipinski definition) is 3. The summed E-state index contributed by atoms with van der Waals surface area (Å²) in [5.41, 5.74) is 2.22. The monoisotopic (exact) mass is 330 g/mol. The highest BCUT2D eigenvalue weighted by molar-refractivity contribution is 5.92. The minimum absolute atomic E-state index is 0.212. The molecule has 24 heavy (non-hydrogen) atoms. The molecular formula is C21H30O3. The SMILES string of the molecule is CCOC(=O)C=C(c1ccc(OC(C)CC)cc1)C1CCCCC1. The van der Waals surface area contributed by atoms with E-state index >= 15 is 0 Å². The van der Waals surface area contributed by atoms with Gasteiger partial charge in [0.2, 0.25) is 0 Å². The lowest BCUT2D eigenvalue weighted by Gasteiger charge is -2.25. The third-order valence-electron chi connectivity index (χ3n) is 4.70. The molecule has 0 heterocycles. The number of benzene rings is 1. The number of carbonyl (C=O) groups is 1. The van der Waals surface area contributed by atoms with Gasteiger partial charge in [0.1, 0.15) is 5.75 Å². The van der Waals surface area contributed by atoms with Crippen LogP contribution in [0.25, 0.3) is 5.57 Å². The fraction of sp³-hybridized carbons (Fsp3) is 0.571. The largest absolute Gasteiger partial charge is 0.491 e. The van der Waals surface area contributed by atoms with Crippen molar-refractivity contribution in [2.45, 2.75) is 65.4 Å². The van der Waals surface area contributed by atoms with E-state index in [4.69, 9.17) is 9.47 Å². The van der Waals surface area contributed by atoms with Crippen molar-refractivity contribution < 1.29 is 14.3 Å². The van der Waals surface area contributed by atoms with Crippen molar-refractivity contribution in [2.24, 2.45) is 5.92 Å². The molecule has 0 spiro atoms. The molecule has 1 saturated carbocycles. The minimum Gasteiger partial charge on any atom is -0.491 e. The Morgan fingerprint density at radius 3 is 2.42 bits per heavy atom.